The number of rotatable bonds is 9. The molecule has 0 saturated carbocycles. The minimum atomic E-state index is -1.09. The highest BCUT2D eigenvalue weighted by atomic mass is 79.9. The fraction of sp³-hybridized carbons (Fsp3) is 0.100. The van der Waals surface area contributed by atoms with Crippen LogP contribution < -0.4 is 15.4 Å². The van der Waals surface area contributed by atoms with Gasteiger partial charge in [-0.3, -0.25) is 4.79 Å². The van der Waals surface area contributed by atoms with Crippen molar-refractivity contribution in [2.24, 2.45) is 0 Å². The summed E-state index contributed by atoms with van der Waals surface area (Å²) in [6.45, 7) is 0.0390. The third kappa shape index (κ3) is 8.43. The maximum atomic E-state index is 13.3. The fourth-order valence-corrected chi connectivity index (χ4v) is 4.07. The zero-order valence-corrected chi connectivity index (χ0v) is 22.9. The standard InChI is InChI=1S/C30H24BrClN2O5/c31-22-11-14-24(15-12-22)33-28(35)25-18-23(32)13-16-27(25)39-29(36)26(17-20-7-3-1-4-8-20)34-30(37)38-19-21-9-5-2-6-10-21/h1-16,18,26H,17,19H2,(H,33,35)(H,34,37)/t26-/m1/s1. The predicted octanol–water partition coefficient (Wildman–Crippen LogP) is 6.80. The summed E-state index contributed by atoms with van der Waals surface area (Å²) >= 11 is 9.50. The second kappa shape index (κ2) is 13.6. The molecule has 7 nitrogen and oxygen atoms in total. The van der Waals surface area contributed by atoms with Crippen molar-refractivity contribution in [2.45, 2.75) is 19.1 Å². The third-order valence-corrected chi connectivity index (χ3v) is 6.33. The fourth-order valence-electron chi connectivity index (χ4n) is 3.63. The van der Waals surface area contributed by atoms with Crippen LogP contribution in [0.3, 0.4) is 0 Å². The molecule has 0 aliphatic carbocycles. The first kappa shape index (κ1) is 27.9. The number of anilines is 1. The van der Waals surface area contributed by atoms with Crippen molar-refractivity contribution in [3.8, 4) is 5.75 Å². The van der Waals surface area contributed by atoms with Gasteiger partial charge in [0, 0.05) is 21.6 Å². The van der Waals surface area contributed by atoms with Gasteiger partial charge in [0.2, 0.25) is 0 Å². The molecule has 2 amide bonds. The highest BCUT2D eigenvalue weighted by Gasteiger charge is 2.26. The second-order valence-corrected chi connectivity index (χ2v) is 9.82. The Bertz CT molecular complexity index is 1430. The molecule has 0 aromatic heterocycles. The van der Waals surface area contributed by atoms with Crippen molar-refractivity contribution in [3.05, 3.63) is 129 Å². The lowest BCUT2D eigenvalue weighted by molar-refractivity contribution is -0.136. The number of ether oxygens (including phenoxy) is 2. The molecule has 0 radical (unpaired) electrons. The molecule has 0 bridgehead atoms. The highest BCUT2D eigenvalue weighted by Crippen LogP contribution is 2.25. The number of nitrogens with one attached hydrogen (secondary N) is 2. The van der Waals surface area contributed by atoms with Crippen LogP contribution >= 0.6 is 27.5 Å². The van der Waals surface area contributed by atoms with Crippen molar-refractivity contribution >= 4 is 51.2 Å². The molecule has 0 aliphatic rings. The van der Waals surface area contributed by atoms with Crippen LogP contribution in [0.1, 0.15) is 21.5 Å². The van der Waals surface area contributed by atoms with E-state index < -0.39 is 24.0 Å². The molecule has 9 heteroatoms. The molecule has 198 valence electrons. The van der Waals surface area contributed by atoms with Gasteiger partial charge in [-0.2, -0.15) is 0 Å². The summed E-state index contributed by atoms with van der Waals surface area (Å²) in [5.41, 5.74) is 2.21. The number of hydrogen-bond acceptors (Lipinski definition) is 5. The molecule has 4 aromatic carbocycles. The van der Waals surface area contributed by atoms with Crippen molar-refractivity contribution in [1.29, 1.82) is 0 Å². The van der Waals surface area contributed by atoms with Crippen LogP contribution in [0, 0.1) is 0 Å². The Morgan fingerprint density at radius 1 is 0.821 bits per heavy atom. The van der Waals surface area contributed by atoms with Crippen LogP contribution in [0.2, 0.25) is 5.02 Å². The molecule has 1 atom stereocenters. The van der Waals surface area contributed by atoms with E-state index in [1.165, 1.54) is 18.2 Å². The number of carbonyl (C=O) groups is 3. The summed E-state index contributed by atoms with van der Waals surface area (Å²) < 4.78 is 11.8. The lowest BCUT2D eigenvalue weighted by Crippen LogP contribution is -2.44. The highest BCUT2D eigenvalue weighted by molar-refractivity contribution is 9.10. The quantitative estimate of drug-likeness (QED) is 0.161. The van der Waals surface area contributed by atoms with Crippen LogP contribution in [-0.2, 0) is 22.6 Å². The van der Waals surface area contributed by atoms with Crippen LogP contribution in [-0.4, -0.2) is 24.0 Å². The number of amides is 2. The summed E-state index contributed by atoms with van der Waals surface area (Å²) in [5.74, 6) is -1.29. The number of hydrogen-bond donors (Lipinski definition) is 2. The topological polar surface area (TPSA) is 93.7 Å². The number of carbonyl (C=O) groups excluding carboxylic acids is 3. The molecule has 0 spiro atoms. The normalized spacial score (nSPS) is 11.2. The third-order valence-electron chi connectivity index (χ3n) is 5.57. The van der Waals surface area contributed by atoms with Gasteiger partial charge in [-0.25, -0.2) is 9.59 Å². The molecule has 0 fully saturated rings. The lowest BCUT2D eigenvalue weighted by atomic mass is 10.1. The van der Waals surface area contributed by atoms with Crippen LogP contribution in [0.4, 0.5) is 10.5 Å². The minimum absolute atomic E-state index is 0.00322. The van der Waals surface area contributed by atoms with E-state index in [9.17, 15) is 14.4 Å². The Balaban J connectivity index is 1.50. The van der Waals surface area contributed by atoms with Gasteiger partial charge >= 0.3 is 12.1 Å². The number of halogens is 2. The van der Waals surface area contributed by atoms with Gasteiger partial charge in [0.1, 0.15) is 18.4 Å². The van der Waals surface area contributed by atoms with Crippen molar-refractivity contribution in [2.75, 3.05) is 5.32 Å². The van der Waals surface area contributed by atoms with E-state index >= 15 is 0 Å². The molecular formula is C30H24BrClN2O5. The average Bonchev–Trinajstić information content (AvgIpc) is 2.95. The van der Waals surface area contributed by atoms with E-state index in [4.69, 9.17) is 21.1 Å². The van der Waals surface area contributed by atoms with E-state index in [1.54, 1.807) is 24.3 Å². The van der Waals surface area contributed by atoms with E-state index in [-0.39, 0.29) is 24.3 Å². The second-order valence-electron chi connectivity index (χ2n) is 8.47. The van der Waals surface area contributed by atoms with E-state index in [1.807, 2.05) is 60.7 Å². The summed E-state index contributed by atoms with van der Waals surface area (Å²) in [4.78, 5) is 39.0. The van der Waals surface area contributed by atoms with Crippen molar-refractivity contribution in [1.82, 2.24) is 5.32 Å². The summed E-state index contributed by atoms with van der Waals surface area (Å²) in [6, 6.07) is 28.6. The summed E-state index contributed by atoms with van der Waals surface area (Å²) in [6.07, 6.45) is -0.630. The summed E-state index contributed by atoms with van der Waals surface area (Å²) in [7, 11) is 0. The Morgan fingerprint density at radius 2 is 1.46 bits per heavy atom. The molecule has 2 N–H and O–H groups in total. The van der Waals surface area contributed by atoms with E-state index in [0.717, 1.165) is 15.6 Å². The zero-order valence-electron chi connectivity index (χ0n) is 20.6. The first-order valence-corrected chi connectivity index (χ1v) is 13.1. The van der Waals surface area contributed by atoms with Crippen LogP contribution in [0.25, 0.3) is 0 Å². The largest absolute Gasteiger partial charge is 0.445 e. The molecule has 39 heavy (non-hydrogen) atoms. The maximum absolute atomic E-state index is 13.3. The van der Waals surface area contributed by atoms with Gasteiger partial charge in [0.05, 0.1) is 5.56 Å². The van der Waals surface area contributed by atoms with Crippen LogP contribution in [0.15, 0.2) is 108 Å². The number of alkyl carbamates (subject to hydrolysis) is 1. The van der Waals surface area contributed by atoms with Gasteiger partial charge in [-0.15, -0.1) is 0 Å². The first-order valence-electron chi connectivity index (χ1n) is 12.0. The first-order chi connectivity index (χ1) is 18.9. The maximum Gasteiger partial charge on any atom is 0.408 e. The average molecular weight is 608 g/mol. The van der Waals surface area contributed by atoms with Gasteiger partial charge in [0.25, 0.3) is 5.91 Å². The summed E-state index contributed by atoms with van der Waals surface area (Å²) in [5, 5.41) is 5.65. The number of esters is 1. The van der Waals surface area contributed by atoms with E-state index in [2.05, 4.69) is 26.6 Å². The predicted molar refractivity (Wildman–Crippen MR) is 153 cm³/mol. The van der Waals surface area contributed by atoms with E-state index in [0.29, 0.717) is 10.7 Å². The van der Waals surface area contributed by atoms with Gasteiger partial charge in [0.15, 0.2) is 0 Å². The molecule has 0 aliphatic heterocycles. The van der Waals surface area contributed by atoms with Crippen molar-refractivity contribution in [3.63, 3.8) is 0 Å². The SMILES string of the molecule is O=C(N[C@H](Cc1ccccc1)C(=O)Oc1ccc(Cl)cc1C(=O)Nc1ccc(Br)cc1)OCc1ccccc1. The minimum Gasteiger partial charge on any atom is -0.445 e. The van der Waals surface area contributed by atoms with Crippen LogP contribution in [0.5, 0.6) is 5.75 Å². The molecule has 4 aromatic rings. The lowest BCUT2D eigenvalue weighted by Gasteiger charge is -2.19. The Labute approximate surface area is 239 Å². The molecule has 0 heterocycles. The monoisotopic (exact) mass is 606 g/mol. The Hall–Kier alpha value is -4.14. The van der Waals surface area contributed by atoms with Crippen molar-refractivity contribution < 1.29 is 23.9 Å². The molecule has 0 saturated heterocycles. The molecule has 4 rings (SSSR count). The smallest absolute Gasteiger partial charge is 0.408 e. The molecular weight excluding hydrogens is 584 g/mol. The van der Waals surface area contributed by atoms with Gasteiger partial charge in [-0.05, 0) is 53.6 Å². The van der Waals surface area contributed by atoms with Gasteiger partial charge < -0.3 is 20.1 Å². The Morgan fingerprint density at radius 3 is 2.13 bits per heavy atom. The zero-order chi connectivity index (χ0) is 27.6. The number of benzene rings is 4. The van der Waals surface area contributed by atoms with Gasteiger partial charge in [-0.1, -0.05) is 88.2 Å². The Kier molecular flexibility index (Phi) is 9.72. The molecule has 0 unspecified atom stereocenters.